The Morgan fingerprint density at radius 1 is 1.15 bits per heavy atom. The molecule has 1 saturated heterocycles. The smallest absolute Gasteiger partial charge is 0.151 e. The summed E-state index contributed by atoms with van der Waals surface area (Å²) in [5, 5.41) is 8.69. The topological polar surface area (TPSA) is 55.0 Å². The Morgan fingerprint density at radius 3 is 2.55 bits per heavy atom. The summed E-state index contributed by atoms with van der Waals surface area (Å²) < 4.78 is 1.07. The second-order valence-corrected chi connectivity index (χ2v) is 6.04. The van der Waals surface area contributed by atoms with Crippen molar-refractivity contribution >= 4 is 21.7 Å². The monoisotopic (exact) mass is 332 g/mol. The molecular formula is C15H17BrN4. The second kappa shape index (κ2) is 5.89. The Morgan fingerprint density at radius 2 is 1.95 bits per heavy atom. The molecule has 1 aliphatic rings. The van der Waals surface area contributed by atoms with Crippen LogP contribution in [0.5, 0.6) is 0 Å². The van der Waals surface area contributed by atoms with Gasteiger partial charge in [-0.3, -0.25) is 0 Å². The van der Waals surface area contributed by atoms with Crippen LogP contribution >= 0.6 is 15.9 Å². The summed E-state index contributed by atoms with van der Waals surface area (Å²) in [7, 11) is 0. The lowest BCUT2D eigenvalue weighted by atomic mass is 10.1. The van der Waals surface area contributed by atoms with Crippen molar-refractivity contribution in [3.63, 3.8) is 0 Å². The standard InChI is InChI=1S/C15H17BrN4/c16-13-3-1-12(2-4-13)14-5-6-15(19-18-14)20-8-7-11(9-17)10-20/h1-6,11H,7-10,17H2. The molecule has 2 heterocycles. The Labute approximate surface area is 127 Å². The summed E-state index contributed by atoms with van der Waals surface area (Å²) in [6.45, 7) is 2.76. The minimum Gasteiger partial charge on any atom is -0.355 e. The van der Waals surface area contributed by atoms with Crippen molar-refractivity contribution in [1.82, 2.24) is 10.2 Å². The van der Waals surface area contributed by atoms with Gasteiger partial charge in [0.15, 0.2) is 5.82 Å². The zero-order valence-electron chi connectivity index (χ0n) is 11.2. The fourth-order valence-electron chi connectivity index (χ4n) is 2.50. The molecule has 0 radical (unpaired) electrons. The van der Waals surface area contributed by atoms with E-state index in [9.17, 15) is 0 Å². The molecule has 20 heavy (non-hydrogen) atoms. The van der Waals surface area contributed by atoms with E-state index in [2.05, 4.69) is 31.0 Å². The second-order valence-electron chi connectivity index (χ2n) is 5.12. The number of benzene rings is 1. The van der Waals surface area contributed by atoms with Crippen molar-refractivity contribution in [2.45, 2.75) is 6.42 Å². The van der Waals surface area contributed by atoms with E-state index in [-0.39, 0.29) is 0 Å². The summed E-state index contributed by atoms with van der Waals surface area (Å²) in [4.78, 5) is 2.26. The lowest BCUT2D eigenvalue weighted by Gasteiger charge is -2.16. The van der Waals surface area contributed by atoms with Gasteiger partial charge < -0.3 is 10.6 Å². The third-order valence-electron chi connectivity index (χ3n) is 3.73. The van der Waals surface area contributed by atoms with Gasteiger partial charge in [0.1, 0.15) is 0 Å². The highest BCUT2D eigenvalue weighted by Crippen LogP contribution is 2.24. The molecule has 2 aromatic rings. The van der Waals surface area contributed by atoms with Crippen LogP contribution in [0.1, 0.15) is 6.42 Å². The van der Waals surface area contributed by atoms with E-state index in [4.69, 9.17) is 5.73 Å². The number of halogens is 1. The number of nitrogens with two attached hydrogens (primary N) is 1. The lowest BCUT2D eigenvalue weighted by molar-refractivity contribution is 0.602. The van der Waals surface area contributed by atoms with Gasteiger partial charge in [-0.2, -0.15) is 0 Å². The highest BCUT2D eigenvalue weighted by atomic mass is 79.9. The van der Waals surface area contributed by atoms with E-state index < -0.39 is 0 Å². The fourth-order valence-corrected chi connectivity index (χ4v) is 2.77. The molecular weight excluding hydrogens is 316 g/mol. The Kier molecular flexibility index (Phi) is 3.98. The molecule has 0 amide bonds. The van der Waals surface area contributed by atoms with E-state index in [1.807, 2.05) is 36.4 Å². The molecule has 0 bridgehead atoms. The van der Waals surface area contributed by atoms with E-state index in [1.54, 1.807) is 0 Å². The first-order valence-corrected chi connectivity index (χ1v) is 7.60. The summed E-state index contributed by atoms with van der Waals surface area (Å²) in [6, 6.07) is 12.2. The van der Waals surface area contributed by atoms with Gasteiger partial charge in [0.2, 0.25) is 0 Å². The van der Waals surface area contributed by atoms with Crippen LogP contribution in [0, 0.1) is 5.92 Å². The number of anilines is 1. The lowest BCUT2D eigenvalue weighted by Crippen LogP contribution is -2.23. The molecule has 0 spiro atoms. The summed E-state index contributed by atoms with van der Waals surface area (Å²) >= 11 is 3.43. The van der Waals surface area contributed by atoms with Crippen LogP contribution < -0.4 is 10.6 Å². The molecule has 0 aliphatic carbocycles. The van der Waals surface area contributed by atoms with E-state index >= 15 is 0 Å². The van der Waals surface area contributed by atoms with E-state index in [0.717, 1.165) is 47.6 Å². The first-order valence-electron chi connectivity index (χ1n) is 6.81. The van der Waals surface area contributed by atoms with Gasteiger partial charge in [-0.25, -0.2) is 0 Å². The van der Waals surface area contributed by atoms with Crippen LogP contribution in [0.2, 0.25) is 0 Å². The highest BCUT2D eigenvalue weighted by Gasteiger charge is 2.22. The van der Waals surface area contributed by atoms with Crippen molar-refractivity contribution in [1.29, 1.82) is 0 Å². The van der Waals surface area contributed by atoms with E-state index in [0.29, 0.717) is 5.92 Å². The number of rotatable bonds is 3. The molecule has 1 aromatic carbocycles. The van der Waals surface area contributed by atoms with Crippen LogP contribution in [0.15, 0.2) is 40.9 Å². The minimum absolute atomic E-state index is 0.586. The molecule has 5 heteroatoms. The molecule has 2 N–H and O–H groups in total. The number of nitrogens with zero attached hydrogens (tertiary/aromatic N) is 3. The maximum Gasteiger partial charge on any atom is 0.151 e. The summed E-state index contributed by atoms with van der Waals surface area (Å²) in [5.41, 5.74) is 7.70. The predicted octanol–water partition coefficient (Wildman–Crippen LogP) is 2.69. The maximum absolute atomic E-state index is 5.72. The van der Waals surface area contributed by atoms with Gasteiger partial charge in [-0.15, -0.1) is 10.2 Å². The molecule has 4 nitrogen and oxygen atoms in total. The van der Waals surface area contributed by atoms with Gasteiger partial charge in [0.25, 0.3) is 0 Å². The van der Waals surface area contributed by atoms with Crippen LogP contribution in [0.3, 0.4) is 0 Å². The molecule has 0 saturated carbocycles. The Hall–Kier alpha value is -1.46. The summed E-state index contributed by atoms with van der Waals surface area (Å²) in [5.74, 6) is 1.53. The average Bonchev–Trinajstić information content (AvgIpc) is 2.97. The zero-order valence-corrected chi connectivity index (χ0v) is 12.8. The molecule has 1 unspecified atom stereocenters. The molecule has 104 valence electrons. The van der Waals surface area contributed by atoms with Gasteiger partial charge >= 0.3 is 0 Å². The minimum atomic E-state index is 0.586. The molecule has 1 aliphatic heterocycles. The van der Waals surface area contributed by atoms with Gasteiger partial charge in [-0.05, 0) is 43.1 Å². The predicted molar refractivity (Wildman–Crippen MR) is 84.5 cm³/mol. The van der Waals surface area contributed by atoms with Crippen molar-refractivity contribution in [3.8, 4) is 11.3 Å². The number of hydrogen-bond acceptors (Lipinski definition) is 4. The van der Waals surface area contributed by atoms with Crippen molar-refractivity contribution < 1.29 is 0 Å². The van der Waals surface area contributed by atoms with Crippen LogP contribution in [-0.2, 0) is 0 Å². The third kappa shape index (κ3) is 2.83. The number of aromatic nitrogens is 2. The Bertz CT molecular complexity index is 567. The van der Waals surface area contributed by atoms with Crippen molar-refractivity contribution in [2.24, 2.45) is 11.7 Å². The highest BCUT2D eigenvalue weighted by molar-refractivity contribution is 9.10. The quantitative estimate of drug-likeness (QED) is 0.938. The average molecular weight is 333 g/mol. The Balaban J connectivity index is 1.76. The summed E-state index contributed by atoms with van der Waals surface area (Å²) in [6.07, 6.45) is 1.15. The fraction of sp³-hybridized carbons (Fsp3) is 0.333. The molecule has 3 rings (SSSR count). The van der Waals surface area contributed by atoms with Gasteiger partial charge in [0.05, 0.1) is 5.69 Å². The van der Waals surface area contributed by atoms with E-state index in [1.165, 1.54) is 0 Å². The van der Waals surface area contributed by atoms with Crippen molar-refractivity contribution in [2.75, 3.05) is 24.5 Å². The van der Waals surface area contributed by atoms with Crippen LogP contribution in [-0.4, -0.2) is 29.8 Å². The molecule has 1 fully saturated rings. The largest absolute Gasteiger partial charge is 0.355 e. The first-order chi connectivity index (χ1) is 9.76. The van der Waals surface area contributed by atoms with Gasteiger partial charge in [0, 0.05) is 23.1 Å². The first kappa shape index (κ1) is 13.5. The molecule has 1 aromatic heterocycles. The molecule has 1 atom stereocenters. The maximum atomic E-state index is 5.72. The number of hydrogen-bond donors (Lipinski definition) is 1. The van der Waals surface area contributed by atoms with Gasteiger partial charge in [-0.1, -0.05) is 28.1 Å². The van der Waals surface area contributed by atoms with Crippen LogP contribution in [0.4, 0.5) is 5.82 Å². The SMILES string of the molecule is NCC1CCN(c2ccc(-c3ccc(Br)cc3)nn2)C1. The zero-order chi connectivity index (χ0) is 13.9. The van der Waals surface area contributed by atoms with Crippen LogP contribution in [0.25, 0.3) is 11.3 Å². The third-order valence-corrected chi connectivity index (χ3v) is 4.26. The van der Waals surface area contributed by atoms with Crippen molar-refractivity contribution in [3.05, 3.63) is 40.9 Å². The normalized spacial score (nSPS) is 18.5.